The van der Waals surface area contributed by atoms with Crippen LogP contribution in [0.3, 0.4) is 0 Å². The number of halogens is 2. The average Bonchev–Trinajstić information content (AvgIpc) is 1.90. The molecule has 62 valence electrons. The Morgan fingerprint density at radius 3 is 1.60 bits per heavy atom. The molecule has 10 heavy (non-hydrogen) atoms. The van der Waals surface area contributed by atoms with E-state index >= 15 is 0 Å². The zero-order valence-corrected chi connectivity index (χ0v) is 6.06. The minimum absolute atomic E-state index is 0.880. The maximum Gasteiger partial charge on any atom is 0.406 e. The monoisotopic (exact) mass is 156 g/mol. The van der Waals surface area contributed by atoms with Gasteiger partial charge in [-0.1, -0.05) is 0 Å². The van der Waals surface area contributed by atoms with Crippen molar-refractivity contribution in [3.63, 3.8) is 0 Å². The number of ether oxygens (including phenoxy) is 3. The van der Waals surface area contributed by atoms with Crippen molar-refractivity contribution in [3.05, 3.63) is 0 Å². The van der Waals surface area contributed by atoms with Crippen LogP contribution in [0.4, 0.5) is 8.78 Å². The average molecular weight is 156 g/mol. The Balaban J connectivity index is 3.97. The molecule has 0 N–H and O–H groups in total. The van der Waals surface area contributed by atoms with Crippen molar-refractivity contribution < 1.29 is 23.0 Å². The van der Waals surface area contributed by atoms with Gasteiger partial charge in [-0.25, -0.2) is 0 Å². The summed E-state index contributed by atoms with van der Waals surface area (Å²) in [6.07, 6.45) is -5.03. The molecule has 0 atom stereocenters. The van der Waals surface area contributed by atoms with E-state index in [1.54, 1.807) is 0 Å². The minimum Gasteiger partial charge on any atom is -0.349 e. The molecule has 0 radical (unpaired) electrons. The van der Waals surface area contributed by atoms with Gasteiger partial charge < -0.3 is 14.2 Å². The van der Waals surface area contributed by atoms with E-state index in [0.717, 1.165) is 21.3 Å². The number of hydrogen-bond acceptors (Lipinski definition) is 3. The molecule has 0 bridgehead atoms. The standard InChI is InChI=1S/C5H10F2O3/c1-8-4(9-2)5(6,7)10-3/h4H,1-3H3. The van der Waals surface area contributed by atoms with E-state index in [1.165, 1.54) is 0 Å². The van der Waals surface area contributed by atoms with E-state index < -0.39 is 12.4 Å². The summed E-state index contributed by atoms with van der Waals surface area (Å²) < 4.78 is 37.0. The predicted octanol–water partition coefficient (Wildman–Crippen LogP) is 0.845. The molecule has 0 unspecified atom stereocenters. The summed E-state index contributed by atoms with van der Waals surface area (Å²) >= 11 is 0. The SMILES string of the molecule is COC(OC)C(F)(F)OC. The molecule has 0 aliphatic rings. The summed E-state index contributed by atoms with van der Waals surface area (Å²) in [6, 6.07) is 0. The Morgan fingerprint density at radius 2 is 1.50 bits per heavy atom. The van der Waals surface area contributed by atoms with Crippen LogP contribution in [0.25, 0.3) is 0 Å². The van der Waals surface area contributed by atoms with Crippen molar-refractivity contribution in [2.75, 3.05) is 21.3 Å². The second-order valence-corrected chi connectivity index (χ2v) is 1.57. The highest BCUT2D eigenvalue weighted by Gasteiger charge is 2.40. The molecule has 0 saturated heterocycles. The van der Waals surface area contributed by atoms with Gasteiger partial charge in [0.05, 0.1) is 0 Å². The second-order valence-electron chi connectivity index (χ2n) is 1.57. The van der Waals surface area contributed by atoms with Crippen LogP contribution >= 0.6 is 0 Å². The first-order valence-corrected chi connectivity index (χ1v) is 2.57. The van der Waals surface area contributed by atoms with E-state index in [1.807, 2.05) is 0 Å². The summed E-state index contributed by atoms with van der Waals surface area (Å²) in [5.41, 5.74) is 0. The fourth-order valence-corrected chi connectivity index (χ4v) is 0.467. The summed E-state index contributed by atoms with van der Waals surface area (Å²) in [5.74, 6) is 0. The van der Waals surface area contributed by atoms with E-state index in [0.29, 0.717) is 0 Å². The molecule has 0 amide bonds. The lowest BCUT2D eigenvalue weighted by atomic mass is 10.6. The Labute approximate surface area is 57.9 Å². The lowest BCUT2D eigenvalue weighted by Crippen LogP contribution is -2.38. The van der Waals surface area contributed by atoms with Gasteiger partial charge in [0, 0.05) is 21.3 Å². The van der Waals surface area contributed by atoms with Gasteiger partial charge in [0.15, 0.2) is 0 Å². The molecule has 0 heterocycles. The summed E-state index contributed by atoms with van der Waals surface area (Å²) in [6.45, 7) is 0. The topological polar surface area (TPSA) is 27.7 Å². The molecular formula is C5H10F2O3. The van der Waals surface area contributed by atoms with Crippen LogP contribution in [-0.2, 0) is 14.2 Å². The van der Waals surface area contributed by atoms with E-state index in [2.05, 4.69) is 14.2 Å². The van der Waals surface area contributed by atoms with Gasteiger partial charge in [-0.05, 0) is 0 Å². The molecule has 5 heteroatoms. The first kappa shape index (κ1) is 9.74. The van der Waals surface area contributed by atoms with Gasteiger partial charge in [0.2, 0.25) is 0 Å². The first-order chi connectivity index (χ1) is 4.58. The molecule has 0 aromatic carbocycles. The van der Waals surface area contributed by atoms with Crippen molar-refractivity contribution in [2.45, 2.75) is 12.4 Å². The van der Waals surface area contributed by atoms with Crippen molar-refractivity contribution in [1.82, 2.24) is 0 Å². The first-order valence-electron chi connectivity index (χ1n) is 2.57. The largest absolute Gasteiger partial charge is 0.406 e. The minimum atomic E-state index is -3.39. The van der Waals surface area contributed by atoms with Crippen LogP contribution in [0.1, 0.15) is 0 Å². The third-order valence-electron chi connectivity index (χ3n) is 0.975. The van der Waals surface area contributed by atoms with Gasteiger partial charge in [0.25, 0.3) is 6.29 Å². The third kappa shape index (κ3) is 2.17. The number of rotatable bonds is 4. The highest BCUT2D eigenvalue weighted by molar-refractivity contribution is 4.55. The third-order valence-corrected chi connectivity index (χ3v) is 0.975. The van der Waals surface area contributed by atoms with Crippen molar-refractivity contribution in [2.24, 2.45) is 0 Å². The predicted molar refractivity (Wildman–Crippen MR) is 29.8 cm³/mol. The lowest BCUT2D eigenvalue weighted by Gasteiger charge is -2.21. The van der Waals surface area contributed by atoms with Crippen LogP contribution in [0, 0.1) is 0 Å². The Morgan fingerprint density at radius 1 is 1.10 bits per heavy atom. The van der Waals surface area contributed by atoms with Gasteiger partial charge >= 0.3 is 6.11 Å². The van der Waals surface area contributed by atoms with Crippen LogP contribution in [0.2, 0.25) is 0 Å². The van der Waals surface area contributed by atoms with E-state index in [4.69, 9.17) is 0 Å². The van der Waals surface area contributed by atoms with Crippen molar-refractivity contribution in [1.29, 1.82) is 0 Å². The van der Waals surface area contributed by atoms with E-state index in [9.17, 15) is 8.78 Å². The highest BCUT2D eigenvalue weighted by atomic mass is 19.3. The van der Waals surface area contributed by atoms with E-state index in [-0.39, 0.29) is 0 Å². The van der Waals surface area contributed by atoms with Gasteiger partial charge in [0.1, 0.15) is 0 Å². The number of alkyl halides is 2. The highest BCUT2D eigenvalue weighted by Crippen LogP contribution is 2.21. The zero-order valence-electron chi connectivity index (χ0n) is 6.06. The second kappa shape index (κ2) is 3.80. The van der Waals surface area contributed by atoms with Gasteiger partial charge in [-0.15, -0.1) is 0 Å². The fourth-order valence-electron chi connectivity index (χ4n) is 0.467. The smallest absolute Gasteiger partial charge is 0.349 e. The maximum absolute atomic E-state index is 12.3. The number of methoxy groups -OCH3 is 3. The lowest BCUT2D eigenvalue weighted by molar-refractivity contribution is -0.342. The molecule has 0 rings (SSSR count). The summed E-state index contributed by atoms with van der Waals surface area (Å²) in [7, 11) is 3.10. The summed E-state index contributed by atoms with van der Waals surface area (Å²) in [5, 5.41) is 0. The molecule has 0 aromatic rings. The maximum atomic E-state index is 12.3. The zero-order chi connectivity index (χ0) is 8.20. The van der Waals surface area contributed by atoms with Gasteiger partial charge in [-0.3, -0.25) is 0 Å². The molecule has 0 saturated carbocycles. The van der Waals surface area contributed by atoms with Crippen LogP contribution in [-0.4, -0.2) is 33.7 Å². The van der Waals surface area contributed by atoms with Crippen LogP contribution in [0.5, 0.6) is 0 Å². The Bertz CT molecular complexity index is 92.9. The molecule has 0 spiro atoms. The Hall–Kier alpha value is -0.260. The molecular weight excluding hydrogens is 146 g/mol. The summed E-state index contributed by atoms with van der Waals surface area (Å²) in [4.78, 5) is 0. The molecule has 0 aliphatic heterocycles. The fraction of sp³-hybridized carbons (Fsp3) is 1.00. The van der Waals surface area contributed by atoms with Crippen LogP contribution in [0.15, 0.2) is 0 Å². The van der Waals surface area contributed by atoms with Crippen molar-refractivity contribution >= 4 is 0 Å². The molecule has 3 nitrogen and oxygen atoms in total. The molecule has 0 aromatic heterocycles. The molecule has 0 aliphatic carbocycles. The molecule has 0 fully saturated rings. The quantitative estimate of drug-likeness (QED) is 0.564. The Kier molecular flexibility index (Phi) is 3.70. The van der Waals surface area contributed by atoms with Crippen LogP contribution < -0.4 is 0 Å². The number of hydrogen-bond donors (Lipinski definition) is 0. The van der Waals surface area contributed by atoms with Crippen molar-refractivity contribution in [3.8, 4) is 0 Å². The normalized spacial score (nSPS) is 12.6. The van der Waals surface area contributed by atoms with Gasteiger partial charge in [-0.2, -0.15) is 8.78 Å².